The van der Waals surface area contributed by atoms with Gasteiger partial charge in [-0.15, -0.1) is 0 Å². The zero-order chi connectivity index (χ0) is 28.2. The van der Waals surface area contributed by atoms with Gasteiger partial charge in [0.25, 0.3) is 5.91 Å². The highest BCUT2D eigenvalue weighted by molar-refractivity contribution is 9.10. The molecular weight excluding hydrogens is 566 g/mol. The average molecular weight is 598 g/mol. The maximum absolute atomic E-state index is 13.7. The van der Waals surface area contributed by atoms with Crippen molar-refractivity contribution in [2.45, 2.75) is 38.8 Å². The summed E-state index contributed by atoms with van der Waals surface area (Å²) in [7, 11) is 1.32. The molecule has 0 spiro atoms. The predicted molar refractivity (Wildman–Crippen MR) is 152 cm³/mol. The van der Waals surface area contributed by atoms with Gasteiger partial charge in [0.1, 0.15) is 11.8 Å². The van der Waals surface area contributed by atoms with Crippen LogP contribution in [0.4, 0.5) is 5.69 Å². The van der Waals surface area contributed by atoms with Crippen LogP contribution in [0.5, 0.6) is 11.5 Å². The number of benzene rings is 3. The van der Waals surface area contributed by atoms with Crippen LogP contribution in [0.3, 0.4) is 0 Å². The highest BCUT2D eigenvalue weighted by atomic mass is 79.9. The van der Waals surface area contributed by atoms with Crippen LogP contribution in [0.1, 0.15) is 30.9 Å². The average Bonchev–Trinajstić information content (AvgIpc) is 2.94. The second-order valence-electron chi connectivity index (χ2n) is 8.88. The van der Waals surface area contributed by atoms with Gasteiger partial charge in [0.05, 0.1) is 12.0 Å². The lowest BCUT2D eigenvalue weighted by atomic mass is 10.0. The van der Waals surface area contributed by atoms with Gasteiger partial charge >= 0.3 is 5.69 Å². The van der Waals surface area contributed by atoms with Crippen molar-refractivity contribution in [1.29, 1.82) is 0 Å². The molecule has 1 unspecified atom stereocenters. The minimum Gasteiger partial charge on any atom is -0.490 e. The van der Waals surface area contributed by atoms with Gasteiger partial charge in [-0.1, -0.05) is 71.7 Å². The number of nitrogens with one attached hydrogen (secondary N) is 1. The fourth-order valence-corrected chi connectivity index (χ4v) is 4.47. The number of nitro benzene ring substituents is 1. The standard InChI is InChI=1S/C29H32BrN3O6/c1-3-4-15-31-29(35)26(17-21-9-6-5-7-10-21)32(19-22-11-8-12-23(30)16-22)28(34)20-39-24-13-14-25(33(36)37)27(18-24)38-2/h5-14,16,18,26H,3-4,15,17,19-20H2,1-2H3,(H,31,35). The Morgan fingerprint density at radius 1 is 1.05 bits per heavy atom. The molecule has 39 heavy (non-hydrogen) atoms. The largest absolute Gasteiger partial charge is 0.490 e. The third kappa shape index (κ3) is 8.81. The number of rotatable bonds is 14. The van der Waals surface area contributed by atoms with E-state index in [9.17, 15) is 19.7 Å². The molecule has 1 N–H and O–H groups in total. The number of carbonyl (C=O) groups is 2. The molecular formula is C29H32BrN3O6. The zero-order valence-corrected chi connectivity index (χ0v) is 23.6. The third-order valence-electron chi connectivity index (χ3n) is 6.05. The predicted octanol–water partition coefficient (Wildman–Crippen LogP) is 5.30. The van der Waals surface area contributed by atoms with Crippen molar-refractivity contribution in [3.05, 3.63) is 98.5 Å². The van der Waals surface area contributed by atoms with Crippen LogP contribution in [0.25, 0.3) is 0 Å². The summed E-state index contributed by atoms with van der Waals surface area (Å²) < 4.78 is 11.7. The molecule has 0 aliphatic rings. The molecule has 9 nitrogen and oxygen atoms in total. The molecule has 1 atom stereocenters. The zero-order valence-electron chi connectivity index (χ0n) is 22.0. The van der Waals surface area contributed by atoms with Gasteiger partial charge < -0.3 is 19.7 Å². The third-order valence-corrected chi connectivity index (χ3v) is 6.55. The number of halogens is 1. The highest BCUT2D eigenvalue weighted by Crippen LogP contribution is 2.31. The van der Waals surface area contributed by atoms with E-state index in [0.717, 1.165) is 28.4 Å². The summed E-state index contributed by atoms with van der Waals surface area (Å²) in [5.74, 6) is -0.389. The molecule has 10 heteroatoms. The normalized spacial score (nSPS) is 11.4. The Kier molecular flexibility index (Phi) is 11.3. The van der Waals surface area contributed by atoms with Crippen LogP contribution in [0.2, 0.25) is 0 Å². The number of amides is 2. The lowest BCUT2D eigenvalue weighted by molar-refractivity contribution is -0.385. The van der Waals surface area contributed by atoms with Crippen LogP contribution in [-0.4, -0.2) is 47.9 Å². The van der Waals surface area contributed by atoms with E-state index in [4.69, 9.17) is 9.47 Å². The first-order chi connectivity index (χ1) is 18.8. The number of methoxy groups -OCH3 is 1. The van der Waals surface area contributed by atoms with Gasteiger partial charge in [-0.05, 0) is 35.7 Å². The van der Waals surface area contributed by atoms with E-state index in [2.05, 4.69) is 21.2 Å². The SMILES string of the molecule is CCCCNC(=O)C(Cc1ccccc1)N(Cc1cccc(Br)c1)C(=O)COc1ccc([N+](=O)[O-])c(OC)c1. The van der Waals surface area contributed by atoms with Crippen molar-refractivity contribution in [2.24, 2.45) is 0 Å². The summed E-state index contributed by atoms with van der Waals surface area (Å²) in [4.78, 5) is 39.3. The Bertz CT molecular complexity index is 1270. The van der Waals surface area contributed by atoms with Crippen molar-refractivity contribution < 1.29 is 24.0 Å². The highest BCUT2D eigenvalue weighted by Gasteiger charge is 2.30. The molecule has 3 aromatic rings. The number of carbonyl (C=O) groups excluding carboxylic acids is 2. The van der Waals surface area contributed by atoms with Crippen LogP contribution in [0, 0.1) is 10.1 Å². The van der Waals surface area contributed by atoms with E-state index in [1.54, 1.807) is 0 Å². The summed E-state index contributed by atoms with van der Waals surface area (Å²) in [6.45, 7) is 2.37. The molecule has 206 valence electrons. The second-order valence-corrected chi connectivity index (χ2v) is 9.80. The fourth-order valence-electron chi connectivity index (χ4n) is 4.02. The van der Waals surface area contributed by atoms with Crippen molar-refractivity contribution in [3.63, 3.8) is 0 Å². The molecule has 0 heterocycles. The first kappa shape index (κ1) is 29.6. The molecule has 0 saturated heterocycles. The van der Waals surface area contributed by atoms with Crippen LogP contribution in [-0.2, 0) is 22.6 Å². The van der Waals surface area contributed by atoms with Gasteiger partial charge in [0, 0.05) is 36.1 Å². The van der Waals surface area contributed by atoms with E-state index in [0.29, 0.717) is 13.0 Å². The maximum atomic E-state index is 13.7. The Morgan fingerprint density at radius 3 is 2.46 bits per heavy atom. The minimum absolute atomic E-state index is 0.0215. The summed E-state index contributed by atoms with van der Waals surface area (Å²) >= 11 is 3.47. The first-order valence-corrected chi connectivity index (χ1v) is 13.4. The molecule has 0 fully saturated rings. The second kappa shape index (κ2) is 14.9. The van der Waals surface area contributed by atoms with Crippen molar-refractivity contribution >= 4 is 33.4 Å². The number of hydrogen-bond acceptors (Lipinski definition) is 6. The topological polar surface area (TPSA) is 111 Å². The van der Waals surface area contributed by atoms with Crippen molar-refractivity contribution in [2.75, 3.05) is 20.3 Å². The van der Waals surface area contributed by atoms with Crippen molar-refractivity contribution in [3.8, 4) is 11.5 Å². The molecule has 3 rings (SSSR count). The Hall–Kier alpha value is -3.92. The number of nitro groups is 1. The van der Waals surface area contributed by atoms with E-state index in [1.807, 2.05) is 61.5 Å². The van der Waals surface area contributed by atoms with Crippen LogP contribution >= 0.6 is 15.9 Å². The molecule has 0 aliphatic carbocycles. The van der Waals surface area contributed by atoms with Crippen LogP contribution < -0.4 is 14.8 Å². The van der Waals surface area contributed by atoms with Gasteiger partial charge in [-0.25, -0.2) is 0 Å². The summed E-state index contributed by atoms with van der Waals surface area (Å²) in [6.07, 6.45) is 2.08. The Balaban J connectivity index is 1.90. The molecule has 0 radical (unpaired) electrons. The lowest BCUT2D eigenvalue weighted by Crippen LogP contribution is -2.51. The summed E-state index contributed by atoms with van der Waals surface area (Å²) in [5, 5.41) is 14.2. The lowest BCUT2D eigenvalue weighted by Gasteiger charge is -2.31. The van der Waals surface area contributed by atoms with Gasteiger partial charge in [-0.3, -0.25) is 19.7 Å². The van der Waals surface area contributed by atoms with Gasteiger partial charge in [0.15, 0.2) is 6.61 Å². The Labute approximate surface area is 236 Å². The summed E-state index contributed by atoms with van der Waals surface area (Å²) in [6, 6.07) is 20.3. The van der Waals surface area contributed by atoms with E-state index >= 15 is 0 Å². The monoisotopic (exact) mass is 597 g/mol. The summed E-state index contributed by atoms with van der Waals surface area (Å²) in [5.41, 5.74) is 1.55. The van der Waals surface area contributed by atoms with E-state index < -0.39 is 16.9 Å². The number of unbranched alkanes of at least 4 members (excludes halogenated alkanes) is 1. The van der Waals surface area contributed by atoms with Crippen molar-refractivity contribution in [1.82, 2.24) is 10.2 Å². The smallest absolute Gasteiger partial charge is 0.311 e. The molecule has 0 aromatic heterocycles. The van der Waals surface area contributed by atoms with Gasteiger partial charge in [0.2, 0.25) is 11.7 Å². The minimum atomic E-state index is -0.786. The fraction of sp³-hybridized carbons (Fsp3) is 0.310. The molecule has 0 bridgehead atoms. The number of ether oxygens (including phenoxy) is 2. The van der Waals surface area contributed by atoms with Gasteiger partial charge in [-0.2, -0.15) is 0 Å². The maximum Gasteiger partial charge on any atom is 0.311 e. The molecule has 0 saturated carbocycles. The molecule has 0 aliphatic heterocycles. The van der Waals surface area contributed by atoms with E-state index in [-0.39, 0.29) is 36.2 Å². The first-order valence-electron chi connectivity index (χ1n) is 12.6. The van der Waals surface area contributed by atoms with Crippen LogP contribution in [0.15, 0.2) is 77.3 Å². The Morgan fingerprint density at radius 2 is 1.79 bits per heavy atom. The molecule has 3 aromatic carbocycles. The number of hydrogen-bond donors (Lipinski definition) is 1. The quantitative estimate of drug-likeness (QED) is 0.153. The molecule has 2 amide bonds. The van der Waals surface area contributed by atoms with E-state index in [1.165, 1.54) is 30.2 Å². The number of nitrogens with zero attached hydrogens (tertiary/aromatic N) is 2.